The van der Waals surface area contributed by atoms with Gasteiger partial charge in [0.2, 0.25) is 0 Å². The van der Waals surface area contributed by atoms with Crippen LogP contribution in [0.2, 0.25) is 0 Å². The molecule has 1 heterocycles. The minimum atomic E-state index is -1.17. The van der Waals surface area contributed by atoms with Crippen LogP contribution < -0.4 is 0 Å². The maximum atomic E-state index is 12.7. The van der Waals surface area contributed by atoms with Crippen LogP contribution in [-0.4, -0.2) is 52.1 Å². The number of likely N-dealkylation sites (N-methyl/N-ethyl adjacent to an activating group) is 1. The normalized spacial score (nSPS) is 20.0. The van der Waals surface area contributed by atoms with E-state index < -0.39 is 11.5 Å². The first-order valence-corrected chi connectivity index (χ1v) is 8.14. The zero-order valence-corrected chi connectivity index (χ0v) is 13.9. The minimum absolute atomic E-state index is 0.137. The number of rotatable bonds is 5. The van der Waals surface area contributed by atoms with E-state index in [-0.39, 0.29) is 6.03 Å². The van der Waals surface area contributed by atoms with E-state index in [0.717, 1.165) is 25.9 Å². The lowest BCUT2D eigenvalue weighted by molar-refractivity contribution is -0.147. The molecule has 0 radical (unpaired) electrons. The van der Waals surface area contributed by atoms with E-state index in [2.05, 4.69) is 6.92 Å². The van der Waals surface area contributed by atoms with Crippen molar-refractivity contribution in [3.63, 3.8) is 0 Å². The highest BCUT2D eigenvalue weighted by atomic mass is 16.4. The number of nitrogens with zero attached hydrogens (tertiary/aromatic N) is 2. The lowest BCUT2D eigenvalue weighted by Gasteiger charge is -2.37. The van der Waals surface area contributed by atoms with Crippen LogP contribution >= 0.6 is 0 Å². The summed E-state index contributed by atoms with van der Waals surface area (Å²) in [6.07, 6.45) is 5.63. The molecule has 0 saturated carbocycles. The van der Waals surface area contributed by atoms with Gasteiger partial charge in [-0.2, -0.15) is 0 Å². The predicted octanol–water partition coefficient (Wildman–Crippen LogP) is 3.19. The first kappa shape index (κ1) is 17.8. The number of carbonyl (C=O) groups is 2. The van der Waals surface area contributed by atoms with Crippen LogP contribution in [0.15, 0.2) is 0 Å². The van der Waals surface area contributed by atoms with Gasteiger partial charge in [-0.15, -0.1) is 0 Å². The summed E-state index contributed by atoms with van der Waals surface area (Å²) in [4.78, 5) is 27.4. The molecule has 5 nitrogen and oxygen atoms in total. The van der Waals surface area contributed by atoms with Crippen molar-refractivity contribution < 1.29 is 14.7 Å². The minimum Gasteiger partial charge on any atom is -0.480 e. The van der Waals surface area contributed by atoms with Crippen LogP contribution in [0.3, 0.4) is 0 Å². The molecule has 5 heteroatoms. The topological polar surface area (TPSA) is 60.9 Å². The van der Waals surface area contributed by atoms with Gasteiger partial charge in [0.1, 0.15) is 5.54 Å². The predicted molar refractivity (Wildman–Crippen MR) is 83.3 cm³/mol. The number of carbonyl (C=O) groups excluding carboxylic acids is 1. The average molecular weight is 298 g/mol. The summed E-state index contributed by atoms with van der Waals surface area (Å²) in [7, 11) is 0. The van der Waals surface area contributed by atoms with Crippen molar-refractivity contribution in [3.05, 3.63) is 0 Å². The van der Waals surface area contributed by atoms with E-state index in [1.165, 1.54) is 24.2 Å². The standard InChI is InChI=1S/C16H30N2O3/c1-5-8-13-9-7-11-17(12-10-13)15(21)18(6-2)16(3,4)14(19)20/h13H,5-12H2,1-4H3,(H,19,20). The fourth-order valence-electron chi connectivity index (χ4n) is 3.11. The fourth-order valence-corrected chi connectivity index (χ4v) is 3.11. The Bertz CT molecular complexity index is 369. The maximum absolute atomic E-state index is 12.7. The second-order valence-corrected chi connectivity index (χ2v) is 6.46. The zero-order valence-electron chi connectivity index (χ0n) is 13.9. The molecule has 0 spiro atoms. The van der Waals surface area contributed by atoms with Gasteiger partial charge in [-0.1, -0.05) is 19.8 Å². The molecular weight excluding hydrogens is 268 g/mol. The molecule has 1 saturated heterocycles. The van der Waals surface area contributed by atoms with E-state index in [0.29, 0.717) is 12.5 Å². The highest BCUT2D eigenvalue weighted by Crippen LogP contribution is 2.24. The zero-order chi connectivity index (χ0) is 16.0. The molecule has 2 amide bonds. The second-order valence-electron chi connectivity index (χ2n) is 6.46. The van der Waals surface area contributed by atoms with Crippen LogP contribution in [0.1, 0.15) is 59.8 Å². The van der Waals surface area contributed by atoms with Gasteiger partial charge in [-0.3, -0.25) is 0 Å². The molecule has 1 atom stereocenters. The Labute approximate surface area is 128 Å². The molecule has 1 aliphatic rings. The smallest absolute Gasteiger partial charge is 0.329 e. The second kappa shape index (κ2) is 7.66. The van der Waals surface area contributed by atoms with Gasteiger partial charge in [0.05, 0.1) is 0 Å². The summed E-state index contributed by atoms with van der Waals surface area (Å²) in [6.45, 7) is 9.11. The molecular formula is C16H30N2O3. The van der Waals surface area contributed by atoms with Crippen molar-refractivity contribution in [2.75, 3.05) is 19.6 Å². The quantitative estimate of drug-likeness (QED) is 0.848. The van der Waals surface area contributed by atoms with Crippen LogP contribution in [0, 0.1) is 5.92 Å². The van der Waals surface area contributed by atoms with Crippen molar-refractivity contribution >= 4 is 12.0 Å². The summed E-state index contributed by atoms with van der Waals surface area (Å²) in [5, 5.41) is 9.35. The number of amides is 2. The van der Waals surface area contributed by atoms with Gasteiger partial charge in [0.15, 0.2) is 0 Å². The largest absolute Gasteiger partial charge is 0.480 e. The Balaban J connectivity index is 2.75. The van der Waals surface area contributed by atoms with Gasteiger partial charge >= 0.3 is 12.0 Å². The van der Waals surface area contributed by atoms with Crippen molar-refractivity contribution in [3.8, 4) is 0 Å². The Morgan fingerprint density at radius 1 is 1.24 bits per heavy atom. The van der Waals surface area contributed by atoms with Gasteiger partial charge in [0, 0.05) is 19.6 Å². The van der Waals surface area contributed by atoms with Gasteiger partial charge < -0.3 is 14.9 Å². The maximum Gasteiger partial charge on any atom is 0.329 e. The Kier molecular flexibility index (Phi) is 6.49. The summed E-state index contributed by atoms with van der Waals surface area (Å²) in [5.41, 5.74) is -1.17. The Hall–Kier alpha value is -1.26. The third kappa shape index (κ3) is 4.35. The Morgan fingerprint density at radius 2 is 1.90 bits per heavy atom. The summed E-state index contributed by atoms with van der Waals surface area (Å²) in [5.74, 6) is -0.258. The highest BCUT2D eigenvalue weighted by Gasteiger charge is 2.39. The third-order valence-corrected chi connectivity index (χ3v) is 4.56. The molecule has 0 aromatic heterocycles. The van der Waals surface area contributed by atoms with Crippen molar-refractivity contribution in [2.45, 2.75) is 65.3 Å². The molecule has 1 unspecified atom stereocenters. The molecule has 0 aliphatic carbocycles. The molecule has 21 heavy (non-hydrogen) atoms. The number of hydrogen-bond acceptors (Lipinski definition) is 2. The first-order chi connectivity index (χ1) is 9.84. The number of carboxylic acid groups (broad SMARTS) is 1. The van der Waals surface area contributed by atoms with E-state index in [1.54, 1.807) is 13.8 Å². The molecule has 122 valence electrons. The number of urea groups is 1. The molecule has 1 aliphatic heterocycles. The third-order valence-electron chi connectivity index (χ3n) is 4.56. The lowest BCUT2D eigenvalue weighted by Crippen LogP contribution is -2.57. The highest BCUT2D eigenvalue weighted by molar-refractivity contribution is 5.85. The summed E-state index contributed by atoms with van der Waals surface area (Å²) < 4.78 is 0. The summed E-state index contributed by atoms with van der Waals surface area (Å²) >= 11 is 0. The van der Waals surface area contributed by atoms with E-state index in [9.17, 15) is 14.7 Å². The lowest BCUT2D eigenvalue weighted by atomic mass is 9.96. The Morgan fingerprint density at radius 3 is 2.43 bits per heavy atom. The van der Waals surface area contributed by atoms with Gasteiger partial charge in [-0.25, -0.2) is 9.59 Å². The molecule has 1 N–H and O–H groups in total. The molecule has 0 aromatic carbocycles. The molecule has 0 aromatic rings. The van der Waals surface area contributed by atoms with Crippen molar-refractivity contribution in [2.24, 2.45) is 5.92 Å². The van der Waals surface area contributed by atoms with Crippen LogP contribution in [-0.2, 0) is 4.79 Å². The van der Waals surface area contributed by atoms with Gasteiger partial charge in [0.25, 0.3) is 0 Å². The average Bonchev–Trinajstić information content (AvgIpc) is 2.65. The van der Waals surface area contributed by atoms with Crippen molar-refractivity contribution in [1.29, 1.82) is 0 Å². The number of likely N-dealkylation sites (tertiary alicyclic amines) is 1. The monoisotopic (exact) mass is 298 g/mol. The van der Waals surface area contributed by atoms with Crippen LogP contribution in [0.25, 0.3) is 0 Å². The van der Waals surface area contributed by atoms with Crippen LogP contribution in [0.5, 0.6) is 0 Å². The fraction of sp³-hybridized carbons (Fsp3) is 0.875. The molecule has 0 bridgehead atoms. The first-order valence-electron chi connectivity index (χ1n) is 8.14. The molecule has 1 fully saturated rings. The number of hydrogen-bond donors (Lipinski definition) is 1. The summed E-state index contributed by atoms with van der Waals surface area (Å²) in [6, 6.07) is -0.137. The van der Waals surface area contributed by atoms with Crippen molar-refractivity contribution in [1.82, 2.24) is 9.80 Å². The van der Waals surface area contributed by atoms with E-state index in [1.807, 2.05) is 11.8 Å². The number of aliphatic carboxylic acids is 1. The SMILES string of the molecule is CCCC1CCCN(C(=O)N(CC)C(C)(C)C(=O)O)CC1. The van der Waals surface area contributed by atoms with E-state index in [4.69, 9.17) is 0 Å². The van der Waals surface area contributed by atoms with Crippen LogP contribution in [0.4, 0.5) is 4.79 Å². The number of carboxylic acids is 1. The van der Waals surface area contributed by atoms with Gasteiger partial charge in [-0.05, 0) is 46.0 Å². The van der Waals surface area contributed by atoms with E-state index >= 15 is 0 Å². The molecule has 1 rings (SSSR count).